The van der Waals surface area contributed by atoms with Gasteiger partial charge in [0.05, 0.1) is 18.3 Å². The summed E-state index contributed by atoms with van der Waals surface area (Å²) in [4.78, 5) is 16.8. The Kier molecular flexibility index (Phi) is 9.99. The Hall–Kier alpha value is -3.37. The van der Waals surface area contributed by atoms with Crippen molar-refractivity contribution in [2.75, 3.05) is 12.3 Å². The lowest BCUT2D eigenvalue weighted by Crippen LogP contribution is -2.41. The highest BCUT2D eigenvalue weighted by molar-refractivity contribution is 7.52. The molecule has 0 saturated carbocycles. The second-order valence-electron chi connectivity index (χ2n) is 10.3. The zero-order valence-electron chi connectivity index (χ0n) is 23.8. The molecule has 2 aromatic heterocycles. The predicted octanol–water partition coefficient (Wildman–Crippen LogP) is 3.12. The third-order valence-corrected chi connectivity index (χ3v) is 9.30. The van der Waals surface area contributed by atoms with Crippen LogP contribution < -0.4 is 15.3 Å². The summed E-state index contributed by atoms with van der Waals surface area (Å²) in [6.45, 7) is 5.19. The summed E-state index contributed by atoms with van der Waals surface area (Å²) >= 11 is 0. The Labute approximate surface area is 244 Å². The first-order valence-corrected chi connectivity index (χ1v) is 15.4. The number of hydrogen-bond donors (Lipinski definition) is 4. The van der Waals surface area contributed by atoms with Gasteiger partial charge in [0.15, 0.2) is 5.82 Å². The normalized spacial score (nSPS) is 24.4. The van der Waals surface area contributed by atoms with Crippen molar-refractivity contribution in [3.8, 4) is 11.8 Å². The number of nitriles is 1. The first kappa shape index (κ1) is 31.6. The average molecular weight is 601 g/mol. The van der Waals surface area contributed by atoms with Gasteiger partial charge in [0.25, 0.3) is 0 Å². The third kappa shape index (κ3) is 6.49. The number of aromatic nitrogens is 3. The number of para-hydroxylation sites is 1. The molecule has 0 bridgehead atoms. The number of carbonyl (C=O) groups excluding carboxylic acids is 1. The van der Waals surface area contributed by atoms with Crippen molar-refractivity contribution in [2.45, 2.75) is 76.4 Å². The lowest BCUT2D eigenvalue weighted by molar-refractivity contribution is -0.120. The highest BCUT2D eigenvalue weighted by atomic mass is 31.2. The van der Waals surface area contributed by atoms with Gasteiger partial charge in [-0.2, -0.15) is 10.4 Å². The maximum Gasteiger partial charge on any atom is 0.459 e. The number of ether oxygens (including phenoxy) is 1. The molecule has 0 radical (unpaired) electrons. The number of carbonyl (C=O) groups is 1. The number of nitrogens with one attached hydrogen (secondary N) is 1. The number of aliphatic hydroxyl groups is 2. The monoisotopic (exact) mass is 600 g/mol. The molecule has 1 aliphatic rings. The number of anilines is 1. The van der Waals surface area contributed by atoms with Gasteiger partial charge in [0.1, 0.15) is 47.8 Å². The van der Waals surface area contributed by atoms with E-state index in [9.17, 15) is 24.8 Å². The van der Waals surface area contributed by atoms with Gasteiger partial charge in [-0.1, -0.05) is 44.9 Å². The minimum absolute atomic E-state index is 0.113. The minimum atomic E-state index is -4.24. The van der Waals surface area contributed by atoms with E-state index in [4.69, 9.17) is 19.5 Å². The second-order valence-corrected chi connectivity index (χ2v) is 12.0. The Morgan fingerprint density at radius 2 is 1.98 bits per heavy atom. The van der Waals surface area contributed by atoms with Gasteiger partial charge in [0.2, 0.25) is 5.60 Å². The number of rotatable bonds is 14. The van der Waals surface area contributed by atoms with E-state index in [1.54, 1.807) is 43.3 Å². The van der Waals surface area contributed by atoms with Gasteiger partial charge < -0.3 is 25.2 Å². The molecular weight excluding hydrogens is 563 g/mol. The van der Waals surface area contributed by atoms with E-state index >= 15 is 0 Å². The van der Waals surface area contributed by atoms with Crippen LogP contribution in [-0.2, 0) is 24.2 Å². The molecule has 4 rings (SSSR count). The molecule has 14 heteroatoms. The topological polar surface area (TPSA) is 194 Å². The van der Waals surface area contributed by atoms with E-state index in [0.717, 1.165) is 12.8 Å². The second kappa shape index (κ2) is 13.3. The van der Waals surface area contributed by atoms with E-state index in [0.29, 0.717) is 24.3 Å². The van der Waals surface area contributed by atoms with Crippen molar-refractivity contribution in [3.05, 3.63) is 54.5 Å². The van der Waals surface area contributed by atoms with E-state index in [2.05, 4.69) is 29.0 Å². The van der Waals surface area contributed by atoms with Gasteiger partial charge in [-0.25, -0.2) is 19.2 Å². The van der Waals surface area contributed by atoms with Gasteiger partial charge in [0, 0.05) is 6.42 Å². The third-order valence-electron chi connectivity index (χ3n) is 7.65. The summed E-state index contributed by atoms with van der Waals surface area (Å²) in [5.74, 6) is 0.630. The fourth-order valence-corrected chi connectivity index (χ4v) is 6.54. The summed E-state index contributed by atoms with van der Waals surface area (Å²) in [5, 5.41) is 38.9. The molecule has 13 nitrogen and oxygen atoms in total. The van der Waals surface area contributed by atoms with Crippen molar-refractivity contribution >= 4 is 24.9 Å². The molecule has 0 unspecified atom stereocenters. The number of ketones is 1. The van der Waals surface area contributed by atoms with E-state index in [1.165, 1.54) is 16.9 Å². The zero-order chi connectivity index (χ0) is 30.5. The molecule has 0 spiro atoms. The smallest absolute Gasteiger partial charge is 0.413 e. The highest BCUT2D eigenvalue weighted by Gasteiger charge is 2.58. The van der Waals surface area contributed by atoms with Crippen molar-refractivity contribution in [1.82, 2.24) is 19.7 Å². The maximum atomic E-state index is 14.0. The maximum absolute atomic E-state index is 14.0. The molecule has 1 aliphatic heterocycles. The standard InChI is InChI=1S/C28H37N6O7P/c1-4-19(5-2)11-13-22(35)18(3)33-42(38,41-20-9-7-6-8-10-20)39-15-23-25(36)26(37)28(16-29,40-23)24-14-12-21-27(30)31-17-32-34(21)24/h6-10,12,14,17-19,23,25-26,36-37H,4-5,11,13,15H2,1-3H3,(H,33,38)(H2,30,31,32)/t18-,23+,25+,26+,28-,42-/m0/s1. The molecule has 6 atom stereocenters. The molecule has 3 heterocycles. The Bertz CT molecular complexity index is 1460. The van der Waals surface area contributed by atoms with Crippen LogP contribution in [0.5, 0.6) is 5.75 Å². The first-order chi connectivity index (χ1) is 20.1. The van der Waals surface area contributed by atoms with Crippen LogP contribution in [0.15, 0.2) is 48.8 Å². The summed E-state index contributed by atoms with van der Waals surface area (Å²) in [7, 11) is -4.24. The Morgan fingerprint density at radius 1 is 1.26 bits per heavy atom. The van der Waals surface area contributed by atoms with Crippen LogP contribution in [0.2, 0.25) is 0 Å². The van der Waals surface area contributed by atoms with Gasteiger partial charge >= 0.3 is 7.75 Å². The largest absolute Gasteiger partial charge is 0.459 e. The van der Waals surface area contributed by atoms with Crippen molar-refractivity contribution in [1.29, 1.82) is 5.26 Å². The van der Waals surface area contributed by atoms with E-state index in [1.807, 2.05) is 6.07 Å². The quantitative estimate of drug-likeness (QED) is 0.198. The zero-order valence-corrected chi connectivity index (χ0v) is 24.7. The summed E-state index contributed by atoms with van der Waals surface area (Å²) in [6.07, 6.45) is -0.522. The van der Waals surface area contributed by atoms with Crippen molar-refractivity contribution in [3.63, 3.8) is 0 Å². The number of nitrogens with two attached hydrogens (primary N) is 1. The Balaban J connectivity index is 1.53. The molecule has 1 aromatic carbocycles. The van der Waals surface area contributed by atoms with Crippen LogP contribution in [0, 0.1) is 17.2 Å². The van der Waals surface area contributed by atoms with Crippen LogP contribution in [0.25, 0.3) is 5.52 Å². The fourth-order valence-electron chi connectivity index (χ4n) is 5.00. The predicted molar refractivity (Wildman–Crippen MR) is 153 cm³/mol. The number of hydrogen-bond acceptors (Lipinski definition) is 11. The molecule has 42 heavy (non-hydrogen) atoms. The number of nitrogen functional groups attached to an aromatic ring is 1. The van der Waals surface area contributed by atoms with E-state index < -0.39 is 44.3 Å². The number of nitrogens with zero attached hydrogens (tertiary/aromatic N) is 4. The number of aliphatic hydroxyl groups excluding tert-OH is 2. The van der Waals surface area contributed by atoms with Crippen molar-refractivity contribution < 1.29 is 33.4 Å². The number of Topliss-reactive ketones (excluding diaryl/α,β-unsaturated/α-hetero) is 1. The fraction of sp³-hybridized carbons (Fsp3) is 0.500. The average Bonchev–Trinajstić information content (AvgIpc) is 3.53. The number of benzene rings is 1. The van der Waals surface area contributed by atoms with Crippen molar-refractivity contribution in [2.24, 2.45) is 5.92 Å². The molecule has 5 N–H and O–H groups in total. The Morgan fingerprint density at radius 3 is 2.64 bits per heavy atom. The SMILES string of the molecule is CCC(CC)CCC(=O)[C@H](C)N[P@](=O)(OC[C@H]1O[C@@](C#N)(c2ccc3c(N)ncnn23)[C@H](O)[C@@H]1O)Oc1ccccc1. The lowest BCUT2D eigenvalue weighted by Gasteiger charge is -2.25. The molecule has 1 saturated heterocycles. The molecule has 1 fully saturated rings. The first-order valence-electron chi connectivity index (χ1n) is 13.9. The van der Waals surface area contributed by atoms with E-state index in [-0.39, 0.29) is 23.0 Å². The van der Waals surface area contributed by atoms with Crippen LogP contribution >= 0.6 is 7.75 Å². The number of fused-ring (bicyclic) bond motifs is 1. The molecule has 3 aromatic rings. The molecule has 226 valence electrons. The highest BCUT2D eigenvalue weighted by Crippen LogP contribution is 2.47. The van der Waals surface area contributed by atoms with Crippen LogP contribution in [0.4, 0.5) is 5.82 Å². The lowest BCUT2D eigenvalue weighted by atomic mass is 9.92. The van der Waals surface area contributed by atoms with Gasteiger partial charge in [-0.05, 0) is 43.5 Å². The summed E-state index contributed by atoms with van der Waals surface area (Å²) in [5.41, 5.74) is 4.33. The van der Waals surface area contributed by atoms with Gasteiger partial charge in [-0.3, -0.25) is 9.32 Å². The van der Waals surface area contributed by atoms with Crippen LogP contribution in [-0.4, -0.2) is 61.6 Å². The van der Waals surface area contributed by atoms with Crippen LogP contribution in [0.1, 0.15) is 52.1 Å². The van der Waals surface area contributed by atoms with Crippen LogP contribution in [0.3, 0.4) is 0 Å². The summed E-state index contributed by atoms with van der Waals surface area (Å²) < 4.78 is 32.6. The molecular formula is C28H37N6O7P. The minimum Gasteiger partial charge on any atom is -0.413 e. The summed E-state index contributed by atoms with van der Waals surface area (Å²) in [6, 6.07) is 12.4. The molecule has 0 amide bonds. The molecule has 0 aliphatic carbocycles. The van der Waals surface area contributed by atoms with Gasteiger partial charge in [-0.15, -0.1) is 0 Å².